The molecule has 2 aromatic heterocycles. The summed E-state index contributed by atoms with van der Waals surface area (Å²) in [5.74, 6) is 0.357. The van der Waals surface area contributed by atoms with Crippen LogP contribution in [0.3, 0.4) is 0 Å². The Labute approximate surface area is 122 Å². The van der Waals surface area contributed by atoms with Crippen LogP contribution in [0.25, 0.3) is 22.7 Å². The standard InChI is InChI=1S/C14H9F3N4O/c15-14(16,17)9-3-1-2-8(6-9)11-7-12(22-21-11)10-4-5-19-13(18)20-10/h1-7H,(H2,18,19,20). The van der Waals surface area contributed by atoms with Crippen molar-refractivity contribution in [2.45, 2.75) is 6.18 Å². The molecule has 2 N–H and O–H groups in total. The van der Waals surface area contributed by atoms with E-state index in [1.54, 1.807) is 6.07 Å². The molecule has 0 saturated heterocycles. The first-order chi connectivity index (χ1) is 10.4. The van der Waals surface area contributed by atoms with Crippen LogP contribution < -0.4 is 5.73 Å². The van der Waals surface area contributed by atoms with Crippen molar-refractivity contribution in [3.8, 4) is 22.7 Å². The second-order valence-corrected chi connectivity index (χ2v) is 4.46. The maximum atomic E-state index is 12.7. The highest BCUT2D eigenvalue weighted by Gasteiger charge is 2.30. The summed E-state index contributed by atoms with van der Waals surface area (Å²) in [5, 5.41) is 3.77. The summed E-state index contributed by atoms with van der Waals surface area (Å²) >= 11 is 0. The summed E-state index contributed by atoms with van der Waals surface area (Å²) in [6.07, 6.45) is -2.96. The highest BCUT2D eigenvalue weighted by molar-refractivity contribution is 5.65. The summed E-state index contributed by atoms with van der Waals surface area (Å²) < 4.78 is 43.3. The molecule has 0 aliphatic rings. The Kier molecular flexibility index (Phi) is 3.28. The fourth-order valence-corrected chi connectivity index (χ4v) is 1.90. The lowest BCUT2D eigenvalue weighted by molar-refractivity contribution is -0.137. The van der Waals surface area contributed by atoms with E-state index in [1.165, 1.54) is 24.4 Å². The molecule has 0 radical (unpaired) electrons. The van der Waals surface area contributed by atoms with Gasteiger partial charge in [-0.3, -0.25) is 0 Å². The fraction of sp³-hybridized carbons (Fsp3) is 0.0714. The minimum absolute atomic E-state index is 0.0644. The first kappa shape index (κ1) is 14.1. The van der Waals surface area contributed by atoms with Crippen LogP contribution in [0.1, 0.15) is 5.56 Å². The average molecular weight is 306 g/mol. The Bertz CT molecular complexity index is 814. The Morgan fingerprint density at radius 2 is 1.86 bits per heavy atom. The lowest BCUT2D eigenvalue weighted by Gasteiger charge is -2.06. The van der Waals surface area contributed by atoms with Crippen LogP contribution in [-0.2, 0) is 6.18 Å². The molecule has 112 valence electrons. The number of benzene rings is 1. The SMILES string of the molecule is Nc1nccc(-c2cc(-c3cccc(C(F)(F)F)c3)no2)n1. The Morgan fingerprint density at radius 1 is 1.05 bits per heavy atom. The molecule has 22 heavy (non-hydrogen) atoms. The number of aromatic nitrogens is 3. The van der Waals surface area contributed by atoms with Gasteiger partial charge < -0.3 is 10.3 Å². The molecule has 0 spiro atoms. The van der Waals surface area contributed by atoms with Gasteiger partial charge in [-0.25, -0.2) is 9.97 Å². The van der Waals surface area contributed by atoms with Gasteiger partial charge in [0.15, 0.2) is 5.76 Å². The molecule has 0 fully saturated rings. The van der Waals surface area contributed by atoms with Gasteiger partial charge in [-0.2, -0.15) is 13.2 Å². The van der Waals surface area contributed by atoms with Crippen LogP contribution >= 0.6 is 0 Å². The number of hydrogen-bond acceptors (Lipinski definition) is 5. The van der Waals surface area contributed by atoms with Crippen LogP contribution in [0, 0.1) is 0 Å². The molecule has 0 bridgehead atoms. The van der Waals surface area contributed by atoms with Crippen molar-refractivity contribution < 1.29 is 17.7 Å². The maximum absolute atomic E-state index is 12.7. The second-order valence-electron chi connectivity index (χ2n) is 4.46. The third kappa shape index (κ3) is 2.76. The summed E-state index contributed by atoms with van der Waals surface area (Å²) in [6, 6.07) is 7.90. The van der Waals surface area contributed by atoms with Crippen LogP contribution in [0.15, 0.2) is 47.1 Å². The Morgan fingerprint density at radius 3 is 2.59 bits per heavy atom. The smallest absolute Gasteiger partial charge is 0.368 e. The molecule has 1 aromatic carbocycles. The van der Waals surface area contributed by atoms with Gasteiger partial charge in [0.05, 0.1) is 5.56 Å². The molecule has 8 heteroatoms. The van der Waals surface area contributed by atoms with Gasteiger partial charge in [-0.05, 0) is 18.2 Å². The predicted molar refractivity (Wildman–Crippen MR) is 72.4 cm³/mol. The molecule has 0 saturated carbocycles. The van der Waals surface area contributed by atoms with Crippen molar-refractivity contribution in [1.82, 2.24) is 15.1 Å². The van der Waals surface area contributed by atoms with Crippen molar-refractivity contribution in [3.63, 3.8) is 0 Å². The van der Waals surface area contributed by atoms with Crippen molar-refractivity contribution in [1.29, 1.82) is 0 Å². The summed E-state index contributed by atoms with van der Waals surface area (Å²) in [4.78, 5) is 7.71. The highest BCUT2D eigenvalue weighted by Crippen LogP contribution is 2.32. The second kappa shape index (κ2) is 5.14. The summed E-state index contributed by atoms with van der Waals surface area (Å²) in [6.45, 7) is 0. The van der Waals surface area contributed by atoms with E-state index in [9.17, 15) is 13.2 Å². The molecule has 0 amide bonds. The van der Waals surface area contributed by atoms with Gasteiger partial charge >= 0.3 is 6.18 Å². The summed E-state index contributed by atoms with van der Waals surface area (Å²) in [5.41, 5.74) is 5.70. The lowest BCUT2D eigenvalue weighted by atomic mass is 10.1. The van der Waals surface area contributed by atoms with E-state index in [-0.39, 0.29) is 11.6 Å². The average Bonchev–Trinajstić information content (AvgIpc) is 2.96. The zero-order valence-electron chi connectivity index (χ0n) is 11.0. The number of alkyl halides is 3. The van der Waals surface area contributed by atoms with Crippen LogP contribution in [-0.4, -0.2) is 15.1 Å². The molecule has 0 unspecified atom stereocenters. The van der Waals surface area contributed by atoms with Crippen molar-refractivity contribution in [2.24, 2.45) is 0 Å². The topological polar surface area (TPSA) is 77.8 Å². The number of halogens is 3. The van der Waals surface area contributed by atoms with Gasteiger partial charge in [0.2, 0.25) is 5.95 Å². The molecule has 2 heterocycles. The van der Waals surface area contributed by atoms with Crippen LogP contribution in [0.4, 0.5) is 19.1 Å². The first-order valence-electron chi connectivity index (χ1n) is 6.17. The Hall–Kier alpha value is -2.90. The highest BCUT2D eigenvalue weighted by atomic mass is 19.4. The first-order valence-corrected chi connectivity index (χ1v) is 6.17. The van der Waals surface area contributed by atoms with Crippen molar-refractivity contribution in [3.05, 3.63) is 48.2 Å². The molecule has 0 aliphatic carbocycles. The van der Waals surface area contributed by atoms with E-state index in [0.717, 1.165) is 12.1 Å². The number of anilines is 1. The zero-order valence-corrected chi connectivity index (χ0v) is 11.0. The maximum Gasteiger partial charge on any atom is 0.416 e. The van der Waals surface area contributed by atoms with Gasteiger partial charge in [-0.15, -0.1) is 0 Å². The minimum atomic E-state index is -4.41. The molecule has 0 atom stereocenters. The molecule has 0 aliphatic heterocycles. The molecule has 3 rings (SSSR count). The third-order valence-electron chi connectivity index (χ3n) is 2.92. The van der Waals surface area contributed by atoms with E-state index in [1.807, 2.05) is 0 Å². The number of rotatable bonds is 2. The van der Waals surface area contributed by atoms with E-state index in [0.29, 0.717) is 17.0 Å². The van der Waals surface area contributed by atoms with Crippen LogP contribution in [0.2, 0.25) is 0 Å². The number of hydrogen-bond donors (Lipinski definition) is 1. The molecular formula is C14H9F3N4O. The van der Waals surface area contributed by atoms with Crippen LogP contribution in [0.5, 0.6) is 0 Å². The van der Waals surface area contributed by atoms with Gasteiger partial charge in [0, 0.05) is 17.8 Å². The number of nitrogens with two attached hydrogens (primary N) is 1. The van der Waals surface area contributed by atoms with Gasteiger partial charge in [0.25, 0.3) is 0 Å². The van der Waals surface area contributed by atoms with Gasteiger partial charge in [0.1, 0.15) is 11.4 Å². The number of nitrogens with zero attached hydrogens (tertiary/aromatic N) is 3. The van der Waals surface area contributed by atoms with E-state index >= 15 is 0 Å². The fourth-order valence-electron chi connectivity index (χ4n) is 1.90. The zero-order chi connectivity index (χ0) is 15.7. The minimum Gasteiger partial charge on any atom is -0.368 e. The largest absolute Gasteiger partial charge is 0.416 e. The molecular weight excluding hydrogens is 297 g/mol. The van der Waals surface area contributed by atoms with E-state index in [2.05, 4.69) is 15.1 Å². The molecule has 3 aromatic rings. The van der Waals surface area contributed by atoms with E-state index < -0.39 is 11.7 Å². The monoisotopic (exact) mass is 306 g/mol. The van der Waals surface area contributed by atoms with Crippen molar-refractivity contribution in [2.75, 3.05) is 5.73 Å². The number of nitrogen functional groups attached to an aromatic ring is 1. The molecule has 5 nitrogen and oxygen atoms in total. The van der Waals surface area contributed by atoms with Gasteiger partial charge in [-0.1, -0.05) is 17.3 Å². The Balaban J connectivity index is 1.98. The predicted octanol–water partition coefficient (Wildman–Crippen LogP) is 3.40. The quantitative estimate of drug-likeness (QED) is 0.785. The third-order valence-corrected chi connectivity index (χ3v) is 2.92. The lowest BCUT2D eigenvalue weighted by Crippen LogP contribution is -2.04. The summed E-state index contributed by atoms with van der Waals surface area (Å²) in [7, 11) is 0. The van der Waals surface area contributed by atoms with Crippen molar-refractivity contribution >= 4 is 5.95 Å². The van der Waals surface area contributed by atoms with E-state index in [4.69, 9.17) is 10.3 Å². The normalized spacial score (nSPS) is 11.6.